The van der Waals surface area contributed by atoms with E-state index in [1.165, 1.54) is 22.1 Å². The van der Waals surface area contributed by atoms with Gasteiger partial charge in [0.15, 0.2) is 6.10 Å². The van der Waals surface area contributed by atoms with Crippen LogP contribution in [-0.4, -0.2) is 72.2 Å². The van der Waals surface area contributed by atoms with Crippen molar-refractivity contribution in [3.05, 3.63) is 48.0 Å². The maximum atomic E-state index is 14.9. The van der Waals surface area contributed by atoms with Crippen molar-refractivity contribution in [2.24, 2.45) is 5.73 Å². The molecule has 2 amide bonds. The standard InChI is InChI=1S/C21H23FN4O6/c22-17-9-14(26-10-15(32-21(26)29)12-30-19-5-8-31-24-19)1-2-16(17)13-3-6-25(7-4-13)20(28)18(23)11-27/h1-3,5,8-9,15,18,27H,4,6-7,10-12,23H2/t15-,18+/m1/s1. The number of nitrogens with zero attached hydrogens (tertiary/aromatic N) is 3. The van der Waals surface area contributed by atoms with E-state index in [4.69, 9.17) is 20.3 Å². The fourth-order valence-corrected chi connectivity index (χ4v) is 3.63. The van der Waals surface area contributed by atoms with E-state index in [9.17, 15) is 14.0 Å². The lowest BCUT2D eigenvalue weighted by Crippen LogP contribution is -2.47. The summed E-state index contributed by atoms with van der Waals surface area (Å²) in [4.78, 5) is 27.2. The number of aromatic nitrogens is 1. The molecule has 0 aliphatic carbocycles. The molecule has 170 valence electrons. The Morgan fingerprint density at radius 1 is 1.41 bits per heavy atom. The first-order valence-electron chi connectivity index (χ1n) is 10.1. The van der Waals surface area contributed by atoms with E-state index in [2.05, 4.69) is 9.68 Å². The molecule has 11 heteroatoms. The Kier molecular flexibility index (Phi) is 6.37. The Morgan fingerprint density at radius 3 is 2.91 bits per heavy atom. The van der Waals surface area contributed by atoms with E-state index < -0.39 is 30.7 Å². The minimum atomic E-state index is -0.952. The lowest BCUT2D eigenvalue weighted by atomic mass is 9.98. The van der Waals surface area contributed by atoms with Gasteiger partial charge in [0, 0.05) is 24.7 Å². The van der Waals surface area contributed by atoms with Crippen molar-refractivity contribution in [3.8, 4) is 5.88 Å². The van der Waals surface area contributed by atoms with Gasteiger partial charge >= 0.3 is 6.09 Å². The third-order valence-corrected chi connectivity index (χ3v) is 5.35. The van der Waals surface area contributed by atoms with Crippen molar-refractivity contribution in [1.29, 1.82) is 0 Å². The molecule has 0 spiro atoms. The van der Waals surface area contributed by atoms with Gasteiger partial charge in [-0.05, 0) is 35.3 Å². The molecule has 1 saturated heterocycles. The maximum Gasteiger partial charge on any atom is 0.414 e. The third kappa shape index (κ3) is 4.58. The molecule has 2 aromatic rings. The lowest BCUT2D eigenvalue weighted by molar-refractivity contribution is -0.133. The van der Waals surface area contributed by atoms with E-state index in [0.29, 0.717) is 24.2 Å². The van der Waals surface area contributed by atoms with Crippen LogP contribution in [0.5, 0.6) is 5.88 Å². The van der Waals surface area contributed by atoms with Crippen LogP contribution in [0.4, 0.5) is 14.9 Å². The molecule has 4 rings (SSSR count). The van der Waals surface area contributed by atoms with Crippen LogP contribution in [-0.2, 0) is 9.53 Å². The molecule has 1 fully saturated rings. The summed E-state index contributed by atoms with van der Waals surface area (Å²) in [5, 5.41) is 12.7. The summed E-state index contributed by atoms with van der Waals surface area (Å²) >= 11 is 0. The number of aliphatic hydroxyl groups excluding tert-OH is 1. The van der Waals surface area contributed by atoms with E-state index in [1.54, 1.807) is 24.3 Å². The first kappa shape index (κ1) is 21.8. The number of amides is 2. The number of hydrogen-bond donors (Lipinski definition) is 2. The molecule has 1 aromatic carbocycles. The van der Waals surface area contributed by atoms with Gasteiger partial charge in [-0.1, -0.05) is 6.08 Å². The third-order valence-electron chi connectivity index (χ3n) is 5.35. The second-order valence-electron chi connectivity index (χ2n) is 7.48. The average molecular weight is 446 g/mol. The monoisotopic (exact) mass is 446 g/mol. The van der Waals surface area contributed by atoms with Crippen LogP contribution in [0.3, 0.4) is 0 Å². The number of halogens is 1. The zero-order valence-corrected chi connectivity index (χ0v) is 17.1. The summed E-state index contributed by atoms with van der Waals surface area (Å²) < 4.78 is 30.2. The average Bonchev–Trinajstić information content (AvgIpc) is 3.46. The Labute approximate surface area is 183 Å². The molecule has 3 heterocycles. The molecule has 0 unspecified atom stereocenters. The van der Waals surface area contributed by atoms with E-state index in [0.717, 1.165) is 5.57 Å². The molecule has 2 aliphatic heterocycles. The highest BCUT2D eigenvalue weighted by Gasteiger charge is 2.33. The van der Waals surface area contributed by atoms with Crippen molar-refractivity contribution in [1.82, 2.24) is 10.1 Å². The fourth-order valence-electron chi connectivity index (χ4n) is 3.63. The van der Waals surface area contributed by atoms with E-state index in [-0.39, 0.29) is 31.5 Å². The lowest BCUT2D eigenvalue weighted by Gasteiger charge is -2.28. The second kappa shape index (κ2) is 9.37. The number of carbonyl (C=O) groups excluding carboxylic acids is 2. The summed E-state index contributed by atoms with van der Waals surface area (Å²) in [5.41, 5.74) is 7.13. The van der Waals surface area contributed by atoms with Crippen LogP contribution < -0.4 is 15.4 Å². The molecule has 2 atom stereocenters. The van der Waals surface area contributed by atoms with Gasteiger partial charge in [0.2, 0.25) is 5.91 Å². The van der Waals surface area contributed by atoms with Crippen LogP contribution in [0.1, 0.15) is 12.0 Å². The van der Waals surface area contributed by atoms with Crippen molar-refractivity contribution < 1.29 is 33.1 Å². The van der Waals surface area contributed by atoms with Gasteiger partial charge in [0.1, 0.15) is 24.7 Å². The van der Waals surface area contributed by atoms with Crippen molar-refractivity contribution in [2.45, 2.75) is 18.6 Å². The predicted octanol–water partition coefficient (Wildman–Crippen LogP) is 1.15. The normalized spacial score (nSPS) is 19.5. The number of hydrogen-bond acceptors (Lipinski definition) is 8. The Hall–Kier alpha value is -3.44. The fraction of sp³-hybridized carbons (Fsp3) is 0.381. The van der Waals surface area contributed by atoms with Gasteiger partial charge in [-0.15, -0.1) is 0 Å². The molecule has 3 N–H and O–H groups in total. The molecule has 10 nitrogen and oxygen atoms in total. The number of carbonyl (C=O) groups is 2. The van der Waals surface area contributed by atoms with Crippen molar-refractivity contribution >= 4 is 23.3 Å². The van der Waals surface area contributed by atoms with Gasteiger partial charge in [-0.3, -0.25) is 9.69 Å². The molecule has 1 aromatic heterocycles. The van der Waals surface area contributed by atoms with Crippen LogP contribution in [0.25, 0.3) is 5.57 Å². The summed E-state index contributed by atoms with van der Waals surface area (Å²) in [7, 11) is 0. The van der Waals surface area contributed by atoms with Crippen LogP contribution in [0.2, 0.25) is 0 Å². The number of nitrogens with two attached hydrogens (primary N) is 1. The van der Waals surface area contributed by atoms with Crippen LogP contribution >= 0.6 is 0 Å². The zero-order chi connectivity index (χ0) is 22.7. The summed E-state index contributed by atoms with van der Waals surface area (Å²) in [6, 6.07) is 5.14. The highest BCUT2D eigenvalue weighted by Crippen LogP contribution is 2.30. The topological polar surface area (TPSA) is 131 Å². The van der Waals surface area contributed by atoms with Crippen molar-refractivity contribution in [2.75, 3.05) is 37.7 Å². The van der Waals surface area contributed by atoms with Gasteiger partial charge in [0.05, 0.1) is 18.8 Å². The van der Waals surface area contributed by atoms with Gasteiger partial charge in [-0.25, -0.2) is 9.18 Å². The molecule has 0 bridgehead atoms. The highest BCUT2D eigenvalue weighted by molar-refractivity contribution is 5.90. The largest absolute Gasteiger partial charge is 0.471 e. The number of anilines is 1. The number of rotatable bonds is 7. The highest BCUT2D eigenvalue weighted by atomic mass is 19.1. The summed E-state index contributed by atoms with van der Waals surface area (Å²) in [6.45, 7) is 0.547. The SMILES string of the molecule is N[C@@H](CO)C(=O)N1CC=C(c2ccc(N3C[C@H](COc4ccon4)OC3=O)cc2F)CC1. The molecule has 0 saturated carbocycles. The first-order valence-corrected chi connectivity index (χ1v) is 10.1. The van der Waals surface area contributed by atoms with Gasteiger partial charge in [-0.2, -0.15) is 0 Å². The molecule has 2 aliphatic rings. The first-order chi connectivity index (χ1) is 15.5. The Bertz CT molecular complexity index is 1010. The summed E-state index contributed by atoms with van der Waals surface area (Å²) in [6.07, 6.45) is 2.47. The molecule has 32 heavy (non-hydrogen) atoms. The van der Waals surface area contributed by atoms with E-state index >= 15 is 0 Å². The molecular weight excluding hydrogens is 423 g/mol. The molecule has 0 radical (unpaired) electrons. The van der Waals surface area contributed by atoms with Gasteiger partial charge < -0.3 is 29.7 Å². The second-order valence-corrected chi connectivity index (χ2v) is 7.48. The summed E-state index contributed by atoms with van der Waals surface area (Å²) in [5.74, 6) is -0.529. The minimum absolute atomic E-state index is 0.0946. The molecular formula is C21H23FN4O6. The predicted molar refractivity (Wildman–Crippen MR) is 110 cm³/mol. The number of benzene rings is 1. The van der Waals surface area contributed by atoms with Crippen LogP contribution in [0.15, 0.2) is 41.1 Å². The number of ether oxygens (including phenoxy) is 2. The van der Waals surface area contributed by atoms with Crippen molar-refractivity contribution in [3.63, 3.8) is 0 Å². The number of aliphatic hydroxyl groups is 1. The smallest absolute Gasteiger partial charge is 0.414 e. The minimum Gasteiger partial charge on any atom is -0.471 e. The van der Waals surface area contributed by atoms with E-state index in [1.807, 2.05) is 0 Å². The van der Waals surface area contributed by atoms with Crippen LogP contribution in [0, 0.1) is 5.82 Å². The zero-order valence-electron chi connectivity index (χ0n) is 17.1. The Balaban J connectivity index is 1.39. The quantitative estimate of drug-likeness (QED) is 0.648. The maximum absolute atomic E-state index is 14.9. The van der Waals surface area contributed by atoms with Gasteiger partial charge in [0.25, 0.3) is 5.88 Å². The Morgan fingerprint density at radius 2 is 2.25 bits per heavy atom. The number of cyclic esters (lactones) is 1.